The van der Waals surface area contributed by atoms with Crippen LogP contribution in [0.1, 0.15) is 34.6 Å². The molecule has 3 rings (SSSR count). The molecule has 0 aromatic heterocycles. The topological polar surface area (TPSA) is 79.5 Å². The van der Waals surface area contributed by atoms with Crippen molar-refractivity contribution in [3.05, 3.63) is 90.0 Å². The molecule has 164 valence electrons. The lowest BCUT2D eigenvalue weighted by atomic mass is 10.1. The quantitative estimate of drug-likeness (QED) is 0.439. The lowest BCUT2D eigenvalue weighted by molar-refractivity contribution is 0.0971. The van der Waals surface area contributed by atoms with Crippen LogP contribution < -0.4 is 20.7 Å². The average molecular weight is 448 g/mol. The number of thiocarbonyl (C=S) groups is 1. The summed E-state index contributed by atoms with van der Waals surface area (Å²) in [6.45, 7) is 4.58. The molecular formula is C25H25N3O3S. The van der Waals surface area contributed by atoms with Crippen LogP contribution in [0.5, 0.6) is 5.75 Å². The normalized spacial score (nSPS) is 10.3. The summed E-state index contributed by atoms with van der Waals surface area (Å²) in [6, 6.07) is 23.1. The van der Waals surface area contributed by atoms with Gasteiger partial charge >= 0.3 is 0 Å². The predicted octanol–water partition coefficient (Wildman–Crippen LogP) is 5.10. The summed E-state index contributed by atoms with van der Waals surface area (Å²) in [7, 11) is 0. The van der Waals surface area contributed by atoms with Gasteiger partial charge in [-0.25, -0.2) is 0 Å². The number of ether oxygens (including phenoxy) is 1. The Balaban J connectivity index is 1.62. The van der Waals surface area contributed by atoms with Crippen molar-refractivity contribution in [2.75, 3.05) is 17.2 Å². The van der Waals surface area contributed by atoms with Gasteiger partial charge in [-0.15, -0.1) is 0 Å². The molecule has 3 N–H and O–H groups in total. The first-order valence-electron chi connectivity index (χ1n) is 10.2. The van der Waals surface area contributed by atoms with Gasteiger partial charge in [-0.05, 0) is 60.6 Å². The summed E-state index contributed by atoms with van der Waals surface area (Å²) >= 11 is 5.29. The Labute approximate surface area is 193 Å². The lowest BCUT2D eigenvalue weighted by Gasteiger charge is -2.14. The Kier molecular flexibility index (Phi) is 7.94. The maximum atomic E-state index is 12.7. The van der Waals surface area contributed by atoms with Gasteiger partial charge in [-0.3, -0.25) is 14.9 Å². The van der Waals surface area contributed by atoms with E-state index in [1.807, 2.05) is 50.2 Å². The average Bonchev–Trinajstić information content (AvgIpc) is 2.78. The van der Waals surface area contributed by atoms with Crippen molar-refractivity contribution < 1.29 is 14.3 Å². The summed E-state index contributed by atoms with van der Waals surface area (Å²) in [4.78, 5) is 25.2. The number of rotatable bonds is 7. The molecule has 6 nitrogen and oxygen atoms in total. The van der Waals surface area contributed by atoms with Crippen LogP contribution in [0, 0.1) is 5.92 Å². The van der Waals surface area contributed by atoms with E-state index in [4.69, 9.17) is 17.0 Å². The van der Waals surface area contributed by atoms with Gasteiger partial charge in [0.15, 0.2) is 5.11 Å². The van der Waals surface area contributed by atoms with E-state index in [9.17, 15) is 9.59 Å². The number of nitrogens with one attached hydrogen (secondary N) is 3. The maximum Gasteiger partial charge on any atom is 0.261 e. The van der Waals surface area contributed by atoms with Crippen LogP contribution in [-0.2, 0) is 0 Å². The van der Waals surface area contributed by atoms with E-state index in [0.717, 1.165) is 0 Å². The van der Waals surface area contributed by atoms with E-state index in [2.05, 4.69) is 16.0 Å². The molecule has 32 heavy (non-hydrogen) atoms. The SMILES string of the molecule is CC(C)COc1ccccc1C(=O)NC(=S)Nc1cccc(C(=O)Nc2ccccc2)c1. The Bertz CT molecular complexity index is 1100. The third-order valence-electron chi connectivity index (χ3n) is 4.35. The van der Waals surface area contributed by atoms with E-state index in [1.165, 1.54) is 0 Å². The van der Waals surface area contributed by atoms with Gasteiger partial charge in [0.2, 0.25) is 0 Å². The first-order chi connectivity index (χ1) is 15.4. The molecule has 0 aliphatic rings. The van der Waals surface area contributed by atoms with Crippen molar-refractivity contribution in [1.82, 2.24) is 5.32 Å². The molecule has 0 saturated carbocycles. The third kappa shape index (κ3) is 6.65. The van der Waals surface area contributed by atoms with Crippen molar-refractivity contribution >= 4 is 40.5 Å². The van der Waals surface area contributed by atoms with Crippen LogP contribution in [0.3, 0.4) is 0 Å². The lowest BCUT2D eigenvalue weighted by Crippen LogP contribution is -2.34. The number of hydrogen-bond donors (Lipinski definition) is 3. The highest BCUT2D eigenvalue weighted by Gasteiger charge is 2.14. The molecule has 0 bridgehead atoms. The molecule has 3 aromatic rings. The third-order valence-corrected chi connectivity index (χ3v) is 4.55. The molecule has 3 aromatic carbocycles. The van der Waals surface area contributed by atoms with Crippen molar-refractivity contribution in [2.24, 2.45) is 5.92 Å². The van der Waals surface area contributed by atoms with Crippen molar-refractivity contribution in [3.63, 3.8) is 0 Å². The number of carbonyl (C=O) groups is 2. The van der Waals surface area contributed by atoms with Crippen LogP contribution in [0.25, 0.3) is 0 Å². The Hall–Kier alpha value is -3.71. The number of para-hydroxylation sites is 2. The fourth-order valence-corrected chi connectivity index (χ4v) is 3.04. The van der Waals surface area contributed by atoms with Gasteiger partial charge in [0.05, 0.1) is 12.2 Å². The highest BCUT2D eigenvalue weighted by Crippen LogP contribution is 2.19. The molecule has 0 saturated heterocycles. The van der Waals surface area contributed by atoms with Crippen molar-refractivity contribution in [1.29, 1.82) is 0 Å². The largest absolute Gasteiger partial charge is 0.492 e. The standard InChI is InChI=1S/C25H25N3O3S/c1-17(2)16-31-22-14-7-6-13-21(22)24(30)28-25(32)27-20-12-8-9-18(15-20)23(29)26-19-10-4-3-5-11-19/h3-15,17H,16H2,1-2H3,(H,26,29)(H2,27,28,30,32). The number of amides is 2. The molecule has 2 amide bonds. The van der Waals surface area contributed by atoms with E-state index in [1.54, 1.807) is 42.5 Å². The minimum atomic E-state index is -0.375. The molecular weight excluding hydrogens is 422 g/mol. The molecule has 0 unspecified atom stereocenters. The van der Waals surface area contributed by atoms with Gasteiger partial charge in [0.25, 0.3) is 11.8 Å². The smallest absolute Gasteiger partial charge is 0.261 e. The van der Waals surface area contributed by atoms with E-state index < -0.39 is 0 Å². The minimum Gasteiger partial charge on any atom is -0.492 e. The van der Waals surface area contributed by atoms with E-state index >= 15 is 0 Å². The van der Waals surface area contributed by atoms with Gasteiger partial charge < -0.3 is 15.4 Å². The Morgan fingerprint density at radius 3 is 2.28 bits per heavy atom. The van der Waals surface area contributed by atoms with Crippen molar-refractivity contribution in [2.45, 2.75) is 13.8 Å². The van der Waals surface area contributed by atoms with Crippen LogP contribution in [-0.4, -0.2) is 23.5 Å². The van der Waals surface area contributed by atoms with E-state index in [0.29, 0.717) is 40.8 Å². The maximum absolute atomic E-state index is 12.7. The predicted molar refractivity (Wildman–Crippen MR) is 131 cm³/mol. The molecule has 0 aliphatic heterocycles. The summed E-state index contributed by atoms with van der Waals surface area (Å²) in [6.07, 6.45) is 0. The summed E-state index contributed by atoms with van der Waals surface area (Å²) in [5, 5.41) is 8.57. The Morgan fingerprint density at radius 2 is 1.53 bits per heavy atom. The molecule has 7 heteroatoms. The molecule has 0 spiro atoms. The fraction of sp³-hybridized carbons (Fsp3) is 0.160. The first kappa shape index (κ1) is 23.0. The summed E-state index contributed by atoms with van der Waals surface area (Å²) in [5.41, 5.74) is 2.14. The highest BCUT2D eigenvalue weighted by atomic mass is 32.1. The molecule has 0 radical (unpaired) electrons. The second kappa shape index (κ2) is 11.1. The van der Waals surface area contributed by atoms with Gasteiger partial charge in [0.1, 0.15) is 5.75 Å². The second-order valence-corrected chi connectivity index (χ2v) is 7.92. The Morgan fingerprint density at radius 1 is 0.844 bits per heavy atom. The number of anilines is 2. The number of hydrogen-bond acceptors (Lipinski definition) is 4. The molecule has 0 aliphatic carbocycles. The van der Waals surface area contributed by atoms with Crippen LogP contribution in [0.15, 0.2) is 78.9 Å². The fourth-order valence-electron chi connectivity index (χ4n) is 2.83. The van der Waals surface area contributed by atoms with Crippen LogP contribution >= 0.6 is 12.2 Å². The summed E-state index contributed by atoms with van der Waals surface area (Å²) in [5.74, 6) is 0.215. The minimum absolute atomic E-state index is 0.120. The van der Waals surface area contributed by atoms with E-state index in [-0.39, 0.29) is 16.9 Å². The molecule has 0 heterocycles. The van der Waals surface area contributed by atoms with Crippen molar-refractivity contribution in [3.8, 4) is 5.75 Å². The van der Waals surface area contributed by atoms with Gasteiger partial charge in [-0.1, -0.05) is 50.2 Å². The molecule has 0 atom stereocenters. The zero-order valence-electron chi connectivity index (χ0n) is 17.9. The monoisotopic (exact) mass is 447 g/mol. The number of benzene rings is 3. The zero-order valence-corrected chi connectivity index (χ0v) is 18.7. The summed E-state index contributed by atoms with van der Waals surface area (Å²) < 4.78 is 5.74. The van der Waals surface area contributed by atoms with Crippen LogP contribution in [0.2, 0.25) is 0 Å². The highest BCUT2D eigenvalue weighted by molar-refractivity contribution is 7.80. The first-order valence-corrected chi connectivity index (χ1v) is 10.6. The van der Waals surface area contributed by atoms with Crippen LogP contribution in [0.4, 0.5) is 11.4 Å². The number of carbonyl (C=O) groups excluding carboxylic acids is 2. The molecule has 0 fully saturated rings. The van der Waals surface area contributed by atoms with Gasteiger partial charge in [-0.2, -0.15) is 0 Å². The zero-order chi connectivity index (χ0) is 22.9. The second-order valence-electron chi connectivity index (χ2n) is 7.51. The van der Waals surface area contributed by atoms with Gasteiger partial charge in [0, 0.05) is 16.9 Å².